The van der Waals surface area contributed by atoms with Crippen molar-refractivity contribution in [1.29, 1.82) is 0 Å². The number of likely N-dealkylation sites (N-methyl/N-ethyl adjacent to an activating group) is 2. The predicted octanol–water partition coefficient (Wildman–Crippen LogP) is 1.68. The monoisotopic (exact) mass is 277 g/mol. The number of piperazine rings is 1. The van der Waals surface area contributed by atoms with Crippen LogP contribution in [0.15, 0.2) is 24.3 Å². The van der Waals surface area contributed by atoms with Crippen molar-refractivity contribution in [3.63, 3.8) is 0 Å². The number of aromatic hydroxyl groups is 1. The van der Waals surface area contributed by atoms with Gasteiger partial charge in [-0.05, 0) is 26.6 Å². The Morgan fingerprint density at radius 1 is 1.30 bits per heavy atom. The second kappa shape index (κ2) is 7.07. The van der Waals surface area contributed by atoms with Crippen LogP contribution in [0.4, 0.5) is 0 Å². The average molecular weight is 277 g/mol. The molecule has 112 valence electrons. The van der Waals surface area contributed by atoms with Crippen LogP contribution in [0.25, 0.3) is 0 Å². The van der Waals surface area contributed by atoms with Crippen LogP contribution >= 0.6 is 0 Å². The van der Waals surface area contributed by atoms with Crippen molar-refractivity contribution in [2.24, 2.45) is 0 Å². The van der Waals surface area contributed by atoms with Gasteiger partial charge in [-0.2, -0.15) is 0 Å². The summed E-state index contributed by atoms with van der Waals surface area (Å²) in [6.45, 7) is 6.47. The van der Waals surface area contributed by atoms with Gasteiger partial charge in [0, 0.05) is 43.8 Å². The summed E-state index contributed by atoms with van der Waals surface area (Å²) in [7, 11) is 4.38. The van der Waals surface area contributed by atoms with Gasteiger partial charge >= 0.3 is 0 Å². The van der Waals surface area contributed by atoms with E-state index in [1.54, 1.807) is 6.07 Å². The molecule has 1 fully saturated rings. The lowest BCUT2D eigenvalue weighted by Crippen LogP contribution is -2.54. The third-order valence-corrected chi connectivity index (χ3v) is 4.30. The van der Waals surface area contributed by atoms with Gasteiger partial charge in [-0.15, -0.1) is 0 Å². The second-order valence-corrected chi connectivity index (χ2v) is 5.82. The first-order valence-electron chi connectivity index (χ1n) is 7.52. The highest BCUT2D eigenvalue weighted by molar-refractivity contribution is 5.34. The molecule has 0 saturated carbocycles. The van der Waals surface area contributed by atoms with E-state index in [0.717, 1.165) is 38.2 Å². The number of nitrogens with one attached hydrogen (secondary N) is 1. The summed E-state index contributed by atoms with van der Waals surface area (Å²) >= 11 is 0. The molecule has 1 heterocycles. The first-order valence-corrected chi connectivity index (χ1v) is 7.52. The highest BCUT2D eigenvalue weighted by atomic mass is 16.3. The van der Waals surface area contributed by atoms with Crippen LogP contribution in [-0.2, 0) is 0 Å². The maximum atomic E-state index is 9.98. The summed E-state index contributed by atoms with van der Waals surface area (Å²) in [5.41, 5.74) is 1.00. The van der Waals surface area contributed by atoms with E-state index in [4.69, 9.17) is 0 Å². The minimum atomic E-state index is 0.219. The van der Waals surface area contributed by atoms with Crippen molar-refractivity contribution in [3.8, 4) is 5.75 Å². The zero-order valence-electron chi connectivity index (χ0n) is 12.8. The van der Waals surface area contributed by atoms with Gasteiger partial charge in [-0.25, -0.2) is 0 Å². The molecule has 20 heavy (non-hydrogen) atoms. The van der Waals surface area contributed by atoms with Crippen LogP contribution in [0.3, 0.4) is 0 Å². The molecule has 4 heteroatoms. The molecule has 0 spiro atoms. The Morgan fingerprint density at radius 3 is 2.75 bits per heavy atom. The van der Waals surface area contributed by atoms with Crippen LogP contribution in [0.2, 0.25) is 0 Å². The van der Waals surface area contributed by atoms with Gasteiger partial charge in [-0.1, -0.05) is 25.1 Å². The van der Waals surface area contributed by atoms with Gasteiger partial charge in [0.2, 0.25) is 0 Å². The lowest BCUT2D eigenvalue weighted by molar-refractivity contribution is 0.111. The molecule has 0 aromatic heterocycles. The smallest absolute Gasteiger partial charge is 0.120 e. The lowest BCUT2D eigenvalue weighted by atomic mass is 10.0. The van der Waals surface area contributed by atoms with E-state index < -0.39 is 0 Å². The standard InChI is InChI=1S/C16H27N3O/c1-4-15(14-7-5-6-8-16(14)20)17-11-13-12-18(2)9-10-19(13)3/h5-8,13,15,17,20H,4,9-12H2,1-3H3. The highest BCUT2D eigenvalue weighted by Gasteiger charge is 2.23. The predicted molar refractivity (Wildman–Crippen MR) is 83.1 cm³/mol. The van der Waals surface area contributed by atoms with E-state index in [1.807, 2.05) is 18.2 Å². The summed E-state index contributed by atoms with van der Waals surface area (Å²) in [5, 5.41) is 13.6. The molecule has 1 saturated heterocycles. The summed E-state index contributed by atoms with van der Waals surface area (Å²) in [4.78, 5) is 4.80. The SMILES string of the molecule is CCC(NCC1CN(C)CCN1C)c1ccccc1O. The fraction of sp³-hybridized carbons (Fsp3) is 0.625. The van der Waals surface area contributed by atoms with Crippen LogP contribution in [-0.4, -0.2) is 61.2 Å². The number of phenols is 1. The summed E-state index contributed by atoms with van der Waals surface area (Å²) in [6, 6.07) is 8.38. The first kappa shape index (κ1) is 15.3. The Balaban J connectivity index is 1.95. The molecule has 0 radical (unpaired) electrons. The molecule has 1 aliphatic heterocycles. The normalized spacial score (nSPS) is 22.9. The molecule has 2 atom stereocenters. The van der Waals surface area contributed by atoms with E-state index in [2.05, 4.69) is 36.1 Å². The Labute approximate surface area is 122 Å². The minimum Gasteiger partial charge on any atom is -0.508 e. The molecule has 2 rings (SSSR count). The Hall–Kier alpha value is -1.10. The molecule has 2 unspecified atom stereocenters. The van der Waals surface area contributed by atoms with E-state index in [0.29, 0.717) is 11.8 Å². The number of hydrogen-bond acceptors (Lipinski definition) is 4. The molecule has 0 bridgehead atoms. The Morgan fingerprint density at radius 2 is 2.05 bits per heavy atom. The third kappa shape index (κ3) is 3.72. The van der Waals surface area contributed by atoms with Crippen LogP contribution in [0.5, 0.6) is 5.75 Å². The molecule has 2 N–H and O–H groups in total. The zero-order valence-corrected chi connectivity index (χ0v) is 12.8. The number of nitrogens with zero attached hydrogens (tertiary/aromatic N) is 2. The highest BCUT2D eigenvalue weighted by Crippen LogP contribution is 2.25. The largest absolute Gasteiger partial charge is 0.508 e. The van der Waals surface area contributed by atoms with Gasteiger partial charge in [0.05, 0.1) is 0 Å². The van der Waals surface area contributed by atoms with Crippen molar-refractivity contribution in [2.75, 3.05) is 40.3 Å². The third-order valence-electron chi connectivity index (χ3n) is 4.30. The van der Waals surface area contributed by atoms with Gasteiger partial charge in [0.1, 0.15) is 5.75 Å². The van der Waals surface area contributed by atoms with Crippen molar-refractivity contribution in [3.05, 3.63) is 29.8 Å². The lowest BCUT2D eigenvalue weighted by Gasteiger charge is -2.38. The summed E-state index contributed by atoms with van der Waals surface area (Å²) in [6.07, 6.45) is 0.976. The molecule has 0 aliphatic carbocycles. The van der Waals surface area contributed by atoms with Gasteiger partial charge in [-0.3, -0.25) is 4.90 Å². The molecular weight excluding hydrogens is 250 g/mol. The van der Waals surface area contributed by atoms with E-state index >= 15 is 0 Å². The average Bonchev–Trinajstić information content (AvgIpc) is 2.45. The number of para-hydroxylation sites is 1. The van der Waals surface area contributed by atoms with Gasteiger partial charge in [0.25, 0.3) is 0 Å². The molecular formula is C16H27N3O. The number of rotatable bonds is 5. The maximum absolute atomic E-state index is 9.98. The van der Waals surface area contributed by atoms with Crippen molar-refractivity contribution in [1.82, 2.24) is 15.1 Å². The first-order chi connectivity index (χ1) is 9.61. The molecule has 1 aromatic rings. The number of hydrogen-bond donors (Lipinski definition) is 2. The zero-order chi connectivity index (χ0) is 14.5. The van der Waals surface area contributed by atoms with E-state index in [9.17, 15) is 5.11 Å². The fourth-order valence-corrected chi connectivity index (χ4v) is 2.86. The Kier molecular flexibility index (Phi) is 5.40. The quantitative estimate of drug-likeness (QED) is 0.859. The molecule has 0 amide bonds. The minimum absolute atomic E-state index is 0.219. The van der Waals surface area contributed by atoms with Crippen LogP contribution in [0.1, 0.15) is 24.9 Å². The van der Waals surface area contributed by atoms with Gasteiger partial charge < -0.3 is 15.3 Å². The fourth-order valence-electron chi connectivity index (χ4n) is 2.86. The van der Waals surface area contributed by atoms with Gasteiger partial charge in [0.15, 0.2) is 0 Å². The molecule has 1 aliphatic rings. The number of phenolic OH excluding ortho intramolecular Hbond substituents is 1. The maximum Gasteiger partial charge on any atom is 0.120 e. The molecule has 1 aromatic carbocycles. The van der Waals surface area contributed by atoms with Crippen LogP contribution in [0, 0.1) is 0 Å². The topological polar surface area (TPSA) is 38.7 Å². The second-order valence-electron chi connectivity index (χ2n) is 5.82. The van der Waals surface area contributed by atoms with E-state index in [-0.39, 0.29) is 6.04 Å². The Bertz CT molecular complexity index is 424. The number of benzene rings is 1. The van der Waals surface area contributed by atoms with Crippen LogP contribution < -0.4 is 5.32 Å². The summed E-state index contributed by atoms with van der Waals surface area (Å²) < 4.78 is 0. The van der Waals surface area contributed by atoms with Crippen molar-refractivity contribution < 1.29 is 5.11 Å². The van der Waals surface area contributed by atoms with Crippen molar-refractivity contribution in [2.45, 2.75) is 25.4 Å². The molecule has 4 nitrogen and oxygen atoms in total. The van der Waals surface area contributed by atoms with E-state index in [1.165, 1.54) is 0 Å². The summed E-state index contributed by atoms with van der Waals surface area (Å²) in [5.74, 6) is 0.390. The van der Waals surface area contributed by atoms with Crippen molar-refractivity contribution >= 4 is 0 Å².